The standard InChI is InChI=1S/C13H20N2O3S/c1-14-11-5-7-13(8-6-11)19(17,18)15(9-10-16)12-3-2-4-12/h5-8,12,14,16H,2-4,9-10H2,1H3. The minimum atomic E-state index is -3.50. The molecular weight excluding hydrogens is 264 g/mol. The maximum absolute atomic E-state index is 12.6. The highest BCUT2D eigenvalue weighted by molar-refractivity contribution is 7.89. The minimum absolute atomic E-state index is 0.0427. The fourth-order valence-electron chi connectivity index (χ4n) is 2.20. The van der Waals surface area contributed by atoms with E-state index in [9.17, 15) is 8.42 Å². The van der Waals surface area contributed by atoms with E-state index in [1.54, 1.807) is 31.3 Å². The van der Waals surface area contributed by atoms with Crippen molar-refractivity contribution in [1.82, 2.24) is 4.31 Å². The monoisotopic (exact) mass is 284 g/mol. The predicted molar refractivity (Wildman–Crippen MR) is 74.6 cm³/mol. The van der Waals surface area contributed by atoms with Gasteiger partial charge in [0.25, 0.3) is 0 Å². The van der Waals surface area contributed by atoms with Gasteiger partial charge in [-0.1, -0.05) is 6.42 Å². The van der Waals surface area contributed by atoms with Gasteiger partial charge in [-0.05, 0) is 37.1 Å². The highest BCUT2D eigenvalue weighted by Crippen LogP contribution is 2.29. The third-order valence-corrected chi connectivity index (χ3v) is 5.52. The number of benzene rings is 1. The Kier molecular flexibility index (Phi) is 4.44. The van der Waals surface area contributed by atoms with Crippen molar-refractivity contribution >= 4 is 15.7 Å². The summed E-state index contributed by atoms with van der Waals surface area (Å²) in [6.07, 6.45) is 2.82. The van der Waals surface area contributed by atoms with E-state index in [0.717, 1.165) is 24.9 Å². The van der Waals surface area contributed by atoms with Crippen molar-refractivity contribution in [2.45, 2.75) is 30.2 Å². The van der Waals surface area contributed by atoms with Crippen molar-refractivity contribution in [3.05, 3.63) is 24.3 Å². The van der Waals surface area contributed by atoms with E-state index in [1.807, 2.05) is 0 Å². The molecule has 0 aromatic heterocycles. The largest absolute Gasteiger partial charge is 0.395 e. The first-order valence-electron chi connectivity index (χ1n) is 6.50. The lowest BCUT2D eigenvalue weighted by atomic mass is 9.93. The summed E-state index contributed by atoms with van der Waals surface area (Å²) in [4.78, 5) is 0.284. The molecule has 0 heterocycles. The van der Waals surface area contributed by atoms with Crippen LogP contribution in [0.2, 0.25) is 0 Å². The van der Waals surface area contributed by atoms with E-state index in [1.165, 1.54) is 4.31 Å². The Morgan fingerprint density at radius 3 is 2.37 bits per heavy atom. The van der Waals surface area contributed by atoms with E-state index in [2.05, 4.69) is 5.32 Å². The van der Waals surface area contributed by atoms with Crippen molar-refractivity contribution in [2.24, 2.45) is 0 Å². The van der Waals surface area contributed by atoms with E-state index in [-0.39, 0.29) is 24.1 Å². The number of nitrogens with zero attached hydrogens (tertiary/aromatic N) is 1. The maximum Gasteiger partial charge on any atom is 0.243 e. The molecule has 1 aromatic rings. The zero-order valence-corrected chi connectivity index (χ0v) is 11.9. The Hall–Kier alpha value is -1.11. The molecule has 0 amide bonds. The van der Waals surface area contributed by atoms with E-state index in [0.29, 0.717) is 0 Å². The van der Waals surface area contributed by atoms with Crippen molar-refractivity contribution < 1.29 is 13.5 Å². The second-order valence-corrected chi connectivity index (χ2v) is 6.59. The zero-order valence-electron chi connectivity index (χ0n) is 11.0. The van der Waals surface area contributed by atoms with E-state index in [4.69, 9.17) is 5.11 Å². The van der Waals surface area contributed by atoms with Gasteiger partial charge in [0.2, 0.25) is 10.0 Å². The van der Waals surface area contributed by atoms with Crippen LogP contribution in [0.1, 0.15) is 19.3 Å². The molecule has 1 saturated carbocycles. The molecule has 19 heavy (non-hydrogen) atoms. The van der Waals surface area contributed by atoms with Gasteiger partial charge < -0.3 is 10.4 Å². The van der Waals surface area contributed by atoms with Gasteiger partial charge in [-0.15, -0.1) is 0 Å². The first-order chi connectivity index (χ1) is 9.09. The van der Waals surface area contributed by atoms with Crippen LogP contribution in [0.15, 0.2) is 29.2 Å². The molecule has 5 nitrogen and oxygen atoms in total. The lowest BCUT2D eigenvalue weighted by molar-refractivity contribution is 0.178. The number of anilines is 1. The Bertz CT molecular complexity index is 509. The highest BCUT2D eigenvalue weighted by atomic mass is 32.2. The molecule has 1 aliphatic rings. The molecule has 106 valence electrons. The second kappa shape index (κ2) is 5.90. The summed E-state index contributed by atoms with van der Waals surface area (Å²) in [6.45, 7) is 0.0190. The molecule has 2 rings (SSSR count). The van der Waals surface area contributed by atoms with Gasteiger partial charge in [-0.2, -0.15) is 4.31 Å². The van der Waals surface area contributed by atoms with Crippen LogP contribution in [0, 0.1) is 0 Å². The van der Waals surface area contributed by atoms with Gasteiger partial charge in [-0.25, -0.2) is 8.42 Å². The molecule has 1 aromatic carbocycles. The molecule has 1 fully saturated rings. The van der Waals surface area contributed by atoms with E-state index >= 15 is 0 Å². The first kappa shape index (κ1) is 14.3. The predicted octanol–water partition coefficient (Wildman–Crippen LogP) is 1.26. The van der Waals surface area contributed by atoms with Crippen LogP contribution < -0.4 is 5.32 Å². The summed E-state index contributed by atoms with van der Waals surface area (Å²) >= 11 is 0. The molecule has 0 saturated heterocycles. The molecule has 0 spiro atoms. The summed E-state index contributed by atoms with van der Waals surface area (Å²) < 4.78 is 26.5. The number of hydrogen-bond acceptors (Lipinski definition) is 4. The lowest BCUT2D eigenvalue weighted by Crippen LogP contribution is -2.45. The third-order valence-electron chi connectivity index (χ3n) is 3.55. The maximum atomic E-state index is 12.6. The smallest absolute Gasteiger partial charge is 0.243 e. The quantitative estimate of drug-likeness (QED) is 0.825. The number of aliphatic hydroxyl groups is 1. The molecule has 0 atom stereocenters. The second-order valence-electron chi connectivity index (χ2n) is 4.70. The number of aliphatic hydroxyl groups excluding tert-OH is 1. The first-order valence-corrected chi connectivity index (χ1v) is 7.94. The third kappa shape index (κ3) is 2.91. The molecule has 0 radical (unpaired) electrons. The molecule has 0 bridgehead atoms. The minimum Gasteiger partial charge on any atom is -0.395 e. The van der Waals surface area contributed by atoms with Gasteiger partial charge in [-0.3, -0.25) is 0 Å². The molecule has 6 heteroatoms. The summed E-state index contributed by atoms with van der Waals surface area (Å²) in [6, 6.07) is 6.73. The highest BCUT2D eigenvalue weighted by Gasteiger charge is 2.34. The SMILES string of the molecule is CNc1ccc(S(=O)(=O)N(CCO)C2CCC2)cc1. The Labute approximate surface area is 114 Å². The van der Waals surface area contributed by atoms with Gasteiger partial charge in [0.15, 0.2) is 0 Å². The number of hydrogen-bond donors (Lipinski definition) is 2. The molecule has 2 N–H and O–H groups in total. The van der Waals surface area contributed by atoms with Gasteiger partial charge in [0.05, 0.1) is 11.5 Å². The van der Waals surface area contributed by atoms with Gasteiger partial charge in [0, 0.05) is 25.3 Å². The summed E-state index contributed by atoms with van der Waals surface area (Å²) in [5.74, 6) is 0. The van der Waals surface area contributed by atoms with Crippen LogP contribution >= 0.6 is 0 Å². The summed E-state index contributed by atoms with van der Waals surface area (Å²) in [5.41, 5.74) is 0.872. The zero-order chi connectivity index (χ0) is 13.9. The molecule has 1 aliphatic carbocycles. The normalized spacial score (nSPS) is 16.4. The average molecular weight is 284 g/mol. The number of sulfonamides is 1. The summed E-state index contributed by atoms with van der Waals surface area (Å²) in [7, 11) is -1.72. The average Bonchev–Trinajstić information content (AvgIpc) is 2.36. The fourth-order valence-corrected chi connectivity index (χ4v) is 3.88. The fraction of sp³-hybridized carbons (Fsp3) is 0.538. The molecule has 0 aliphatic heterocycles. The lowest BCUT2D eigenvalue weighted by Gasteiger charge is -2.36. The van der Waals surface area contributed by atoms with Gasteiger partial charge in [0.1, 0.15) is 0 Å². The van der Waals surface area contributed by atoms with Crippen LogP contribution in [0.5, 0.6) is 0 Å². The van der Waals surface area contributed by atoms with Crippen LogP contribution in [-0.4, -0.2) is 44.1 Å². The van der Waals surface area contributed by atoms with E-state index < -0.39 is 10.0 Å². The summed E-state index contributed by atoms with van der Waals surface area (Å²) in [5, 5.41) is 12.0. The van der Waals surface area contributed by atoms with Gasteiger partial charge >= 0.3 is 0 Å². The van der Waals surface area contributed by atoms with Crippen LogP contribution in [0.3, 0.4) is 0 Å². The molecular formula is C13H20N2O3S. The topological polar surface area (TPSA) is 69.6 Å². The molecule has 0 unspecified atom stereocenters. The number of rotatable bonds is 6. The number of nitrogens with one attached hydrogen (secondary N) is 1. The Morgan fingerprint density at radius 2 is 1.95 bits per heavy atom. The van der Waals surface area contributed by atoms with Crippen LogP contribution in [0.25, 0.3) is 0 Å². The Balaban J connectivity index is 2.26. The van der Waals surface area contributed by atoms with Crippen LogP contribution in [0.4, 0.5) is 5.69 Å². The van der Waals surface area contributed by atoms with Crippen molar-refractivity contribution in [2.75, 3.05) is 25.5 Å². The Morgan fingerprint density at radius 1 is 1.32 bits per heavy atom. The van der Waals surface area contributed by atoms with Crippen molar-refractivity contribution in [3.8, 4) is 0 Å². The van der Waals surface area contributed by atoms with Crippen molar-refractivity contribution in [3.63, 3.8) is 0 Å². The van der Waals surface area contributed by atoms with Crippen LogP contribution in [-0.2, 0) is 10.0 Å². The van der Waals surface area contributed by atoms with Crippen molar-refractivity contribution in [1.29, 1.82) is 0 Å².